The number of nitrogens with zero attached hydrogens (tertiary/aromatic N) is 1. The maximum atomic E-state index is 12.6. The van der Waals surface area contributed by atoms with Crippen molar-refractivity contribution in [3.63, 3.8) is 0 Å². The lowest BCUT2D eigenvalue weighted by Gasteiger charge is -2.09. The van der Waals surface area contributed by atoms with Crippen molar-refractivity contribution in [3.05, 3.63) is 101 Å². The summed E-state index contributed by atoms with van der Waals surface area (Å²) < 4.78 is 0. The molecule has 1 aliphatic rings. The van der Waals surface area contributed by atoms with Crippen molar-refractivity contribution in [1.29, 1.82) is 0 Å². The summed E-state index contributed by atoms with van der Waals surface area (Å²) in [6.07, 6.45) is 0.790. The van der Waals surface area contributed by atoms with Crippen molar-refractivity contribution in [2.45, 2.75) is 6.42 Å². The molecule has 3 aromatic carbocycles. The maximum Gasteiger partial charge on any atom is 0.263 e. The van der Waals surface area contributed by atoms with Gasteiger partial charge >= 0.3 is 0 Å². The van der Waals surface area contributed by atoms with Gasteiger partial charge in [0.15, 0.2) is 0 Å². The molecule has 28 heavy (non-hydrogen) atoms. The second-order valence-corrected chi connectivity index (χ2v) is 6.71. The average Bonchev–Trinajstić information content (AvgIpc) is 2.94. The number of carbonyl (C=O) groups excluding carboxylic acids is 3. The highest BCUT2D eigenvalue weighted by Crippen LogP contribution is 2.28. The van der Waals surface area contributed by atoms with Gasteiger partial charge in [-0.1, -0.05) is 48.5 Å². The molecule has 0 radical (unpaired) electrons. The molecule has 1 aliphatic heterocycles. The van der Waals surface area contributed by atoms with Gasteiger partial charge in [-0.15, -0.1) is 0 Å². The van der Waals surface area contributed by atoms with Crippen molar-refractivity contribution < 1.29 is 14.4 Å². The van der Waals surface area contributed by atoms with Crippen molar-refractivity contribution in [2.24, 2.45) is 0 Å². The minimum atomic E-state index is -0.408. The summed E-state index contributed by atoms with van der Waals surface area (Å²) in [5, 5.41) is 2.76. The Morgan fingerprint density at radius 1 is 0.821 bits per heavy atom. The van der Waals surface area contributed by atoms with E-state index in [4.69, 9.17) is 0 Å². The van der Waals surface area contributed by atoms with Gasteiger partial charge in [-0.3, -0.25) is 19.3 Å². The first kappa shape index (κ1) is 17.7. The molecule has 0 bridgehead atoms. The Labute approximate surface area is 162 Å². The molecule has 3 amide bonds. The molecule has 0 spiro atoms. The lowest BCUT2D eigenvalue weighted by atomic mass is 10.0. The van der Waals surface area contributed by atoms with Crippen LogP contribution in [-0.2, 0) is 6.42 Å². The minimum absolute atomic E-state index is 0.240. The van der Waals surface area contributed by atoms with Crippen LogP contribution in [0.4, 0.5) is 5.69 Å². The number of anilines is 1. The van der Waals surface area contributed by atoms with Crippen LogP contribution in [0.25, 0.3) is 0 Å². The zero-order valence-electron chi connectivity index (χ0n) is 15.3. The van der Waals surface area contributed by atoms with Crippen LogP contribution in [0, 0.1) is 0 Å². The smallest absolute Gasteiger partial charge is 0.263 e. The topological polar surface area (TPSA) is 66.5 Å². The van der Waals surface area contributed by atoms with E-state index >= 15 is 0 Å². The molecule has 0 aromatic heterocycles. The van der Waals surface area contributed by atoms with Gasteiger partial charge in [-0.25, -0.2) is 0 Å². The average molecular weight is 370 g/mol. The van der Waals surface area contributed by atoms with Gasteiger partial charge < -0.3 is 5.32 Å². The normalized spacial score (nSPS) is 12.8. The molecule has 4 rings (SSSR count). The third-order valence-corrected chi connectivity index (χ3v) is 4.83. The largest absolute Gasteiger partial charge is 0.321 e. The summed E-state index contributed by atoms with van der Waals surface area (Å²) in [5.41, 5.74) is 3.68. The van der Waals surface area contributed by atoms with Gasteiger partial charge in [-0.05, 0) is 41.8 Å². The predicted molar refractivity (Wildman–Crippen MR) is 107 cm³/mol. The molecular weight excluding hydrogens is 352 g/mol. The van der Waals surface area contributed by atoms with Crippen LogP contribution in [0.3, 0.4) is 0 Å². The van der Waals surface area contributed by atoms with Crippen LogP contribution in [0.2, 0.25) is 0 Å². The minimum Gasteiger partial charge on any atom is -0.321 e. The zero-order valence-corrected chi connectivity index (χ0v) is 15.3. The number of rotatable bonds is 4. The fourth-order valence-electron chi connectivity index (χ4n) is 3.31. The summed E-state index contributed by atoms with van der Waals surface area (Å²) in [5.74, 6) is -1.09. The highest BCUT2D eigenvalue weighted by Gasteiger charge is 2.35. The molecule has 0 fully saturated rings. The second-order valence-electron chi connectivity index (χ2n) is 6.71. The van der Waals surface area contributed by atoms with Crippen molar-refractivity contribution >= 4 is 23.4 Å². The predicted octanol–water partition coefficient (Wildman–Crippen LogP) is 3.76. The van der Waals surface area contributed by atoms with E-state index in [1.54, 1.807) is 30.3 Å². The Morgan fingerprint density at radius 2 is 1.50 bits per heavy atom. The molecule has 0 aliphatic carbocycles. The molecule has 1 heterocycles. The monoisotopic (exact) mass is 370 g/mol. The van der Waals surface area contributed by atoms with Crippen molar-refractivity contribution in [2.75, 3.05) is 12.4 Å². The first-order chi connectivity index (χ1) is 13.5. The number of benzene rings is 3. The summed E-state index contributed by atoms with van der Waals surface area (Å²) in [6.45, 7) is 0. The van der Waals surface area contributed by atoms with Crippen LogP contribution in [0.15, 0.2) is 72.8 Å². The maximum absolute atomic E-state index is 12.6. The standard InChI is InChI=1S/C23H18N2O3/c1-25-22(27)18-8-5-9-19(20(18)23(25)28)24-21(26)17-12-10-16(11-13-17)14-15-6-3-2-4-7-15/h2-13H,14H2,1H3,(H,24,26). The zero-order chi connectivity index (χ0) is 19.7. The third kappa shape index (κ3) is 3.18. The highest BCUT2D eigenvalue weighted by atomic mass is 16.2. The lowest BCUT2D eigenvalue weighted by molar-refractivity contribution is 0.0693. The van der Waals surface area contributed by atoms with Crippen molar-refractivity contribution in [3.8, 4) is 0 Å². The van der Waals surface area contributed by atoms with E-state index in [0.717, 1.165) is 16.9 Å². The van der Waals surface area contributed by atoms with Gasteiger partial charge in [0.2, 0.25) is 0 Å². The molecule has 0 saturated heterocycles. The van der Waals surface area contributed by atoms with Crippen LogP contribution in [0.1, 0.15) is 42.2 Å². The summed E-state index contributed by atoms with van der Waals surface area (Å²) in [4.78, 5) is 38.1. The number of fused-ring (bicyclic) bond motifs is 1. The van der Waals surface area contributed by atoms with Gasteiger partial charge in [-0.2, -0.15) is 0 Å². The first-order valence-electron chi connectivity index (χ1n) is 8.94. The van der Waals surface area contributed by atoms with Crippen LogP contribution in [0.5, 0.6) is 0 Å². The molecule has 1 N–H and O–H groups in total. The summed E-state index contributed by atoms with van der Waals surface area (Å²) in [7, 11) is 1.43. The molecule has 0 atom stereocenters. The summed E-state index contributed by atoms with van der Waals surface area (Å²) in [6, 6.07) is 22.3. The van der Waals surface area contributed by atoms with Crippen LogP contribution >= 0.6 is 0 Å². The Morgan fingerprint density at radius 3 is 2.21 bits per heavy atom. The number of carbonyl (C=O) groups is 3. The highest BCUT2D eigenvalue weighted by molar-refractivity contribution is 6.24. The van der Waals surface area contributed by atoms with E-state index in [1.807, 2.05) is 30.3 Å². The first-order valence-corrected chi connectivity index (χ1v) is 8.94. The van der Waals surface area contributed by atoms with Crippen LogP contribution in [-0.4, -0.2) is 29.7 Å². The van der Waals surface area contributed by atoms with E-state index in [1.165, 1.54) is 12.6 Å². The van der Waals surface area contributed by atoms with Gasteiger partial charge in [0.1, 0.15) is 0 Å². The Bertz CT molecular complexity index is 1070. The van der Waals surface area contributed by atoms with E-state index in [-0.39, 0.29) is 17.4 Å². The quantitative estimate of drug-likeness (QED) is 0.711. The van der Waals surface area contributed by atoms with Crippen molar-refractivity contribution in [1.82, 2.24) is 4.90 Å². The molecular formula is C23H18N2O3. The summed E-state index contributed by atoms with van der Waals surface area (Å²) >= 11 is 0. The number of nitrogens with one attached hydrogen (secondary N) is 1. The lowest BCUT2D eigenvalue weighted by Crippen LogP contribution is -2.24. The number of hydrogen-bond acceptors (Lipinski definition) is 3. The van der Waals surface area contributed by atoms with E-state index in [2.05, 4.69) is 17.4 Å². The fourth-order valence-corrected chi connectivity index (χ4v) is 3.31. The van der Waals surface area contributed by atoms with Gasteiger partial charge in [0, 0.05) is 12.6 Å². The molecule has 3 aromatic rings. The molecule has 5 heteroatoms. The second kappa shape index (κ2) is 7.12. The molecule has 0 unspecified atom stereocenters. The Kier molecular flexibility index (Phi) is 4.49. The van der Waals surface area contributed by atoms with E-state index < -0.39 is 5.91 Å². The Balaban J connectivity index is 1.52. The number of imide groups is 1. The van der Waals surface area contributed by atoms with Crippen LogP contribution < -0.4 is 5.32 Å². The van der Waals surface area contributed by atoms with E-state index in [0.29, 0.717) is 16.8 Å². The molecule has 0 saturated carbocycles. The molecule has 138 valence electrons. The van der Waals surface area contributed by atoms with Gasteiger partial charge in [0.05, 0.1) is 16.8 Å². The number of hydrogen-bond donors (Lipinski definition) is 1. The SMILES string of the molecule is CN1C(=O)c2cccc(NC(=O)c3ccc(Cc4ccccc4)cc3)c2C1=O. The third-order valence-electron chi connectivity index (χ3n) is 4.83. The van der Waals surface area contributed by atoms with Gasteiger partial charge in [0.25, 0.3) is 17.7 Å². The number of amides is 3. The van der Waals surface area contributed by atoms with E-state index in [9.17, 15) is 14.4 Å². The fraction of sp³-hybridized carbons (Fsp3) is 0.0870. The Hall–Kier alpha value is -3.73. The molecule has 5 nitrogen and oxygen atoms in total.